The van der Waals surface area contributed by atoms with Gasteiger partial charge in [-0.1, -0.05) is 30.7 Å². The van der Waals surface area contributed by atoms with Crippen LogP contribution in [0.5, 0.6) is 0 Å². The second-order valence-corrected chi connectivity index (χ2v) is 8.17. The minimum Gasteiger partial charge on any atom is -0.357 e. The van der Waals surface area contributed by atoms with Gasteiger partial charge >= 0.3 is 0 Å². The quantitative estimate of drug-likeness (QED) is 0.422. The SMILES string of the molecule is CCNC(=NCc1ccnc(-n2cccn2)c1)NCc1ccc(CN2CCCCC2)cc1. The van der Waals surface area contributed by atoms with Gasteiger partial charge in [0, 0.05) is 38.2 Å². The third kappa shape index (κ3) is 6.40. The van der Waals surface area contributed by atoms with Crippen molar-refractivity contribution in [1.29, 1.82) is 0 Å². The molecule has 168 valence electrons. The van der Waals surface area contributed by atoms with E-state index in [0.29, 0.717) is 6.54 Å². The predicted molar refractivity (Wildman–Crippen MR) is 129 cm³/mol. The maximum absolute atomic E-state index is 4.75. The smallest absolute Gasteiger partial charge is 0.191 e. The molecule has 3 heterocycles. The van der Waals surface area contributed by atoms with Gasteiger partial charge in [-0.25, -0.2) is 14.7 Å². The number of pyridine rings is 1. The molecule has 0 amide bonds. The zero-order chi connectivity index (χ0) is 22.0. The molecule has 7 nitrogen and oxygen atoms in total. The number of benzene rings is 1. The zero-order valence-electron chi connectivity index (χ0n) is 18.9. The monoisotopic (exact) mass is 431 g/mol. The van der Waals surface area contributed by atoms with Crippen LogP contribution in [0.3, 0.4) is 0 Å². The van der Waals surface area contributed by atoms with E-state index in [4.69, 9.17) is 4.99 Å². The van der Waals surface area contributed by atoms with Crippen LogP contribution in [-0.2, 0) is 19.6 Å². The highest BCUT2D eigenvalue weighted by atomic mass is 15.3. The van der Waals surface area contributed by atoms with Crippen molar-refractivity contribution in [2.75, 3.05) is 19.6 Å². The fourth-order valence-corrected chi connectivity index (χ4v) is 3.92. The Hall–Kier alpha value is -3.19. The predicted octanol–water partition coefficient (Wildman–Crippen LogP) is 3.51. The molecule has 1 aliphatic rings. The lowest BCUT2D eigenvalue weighted by molar-refractivity contribution is 0.221. The molecule has 0 unspecified atom stereocenters. The molecule has 32 heavy (non-hydrogen) atoms. The largest absolute Gasteiger partial charge is 0.357 e. The van der Waals surface area contributed by atoms with Crippen molar-refractivity contribution in [1.82, 2.24) is 30.3 Å². The van der Waals surface area contributed by atoms with Crippen molar-refractivity contribution < 1.29 is 0 Å². The summed E-state index contributed by atoms with van der Waals surface area (Å²) in [5.41, 5.74) is 3.73. The van der Waals surface area contributed by atoms with Crippen molar-refractivity contribution in [2.45, 2.75) is 45.8 Å². The number of rotatable bonds is 8. The van der Waals surface area contributed by atoms with Gasteiger partial charge in [0.25, 0.3) is 0 Å². The van der Waals surface area contributed by atoms with Crippen molar-refractivity contribution >= 4 is 5.96 Å². The van der Waals surface area contributed by atoms with Crippen molar-refractivity contribution in [3.8, 4) is 5.82 Å². The van der Waals surface area contributed by atoms with E-state index in [9.17, 15) is 0 Å². The van der Waals surface area contributed by atoms with Crippen LogP contribution in [0.1, 0.15) is 42.9 Å². The van der Waals surface area contributed by atoms with Crippen LogP contribution in [0.4, 0.5) is 0 Å². The van der Waals surface area contributed by atoms with Crippen molar-refractivity contribution in [3.05, 3.63) is 77.7 Å². The molecular weight excluding hydrogens is 398 g/mol. The lowest BCUT2D eigenvalue weighted by atomic mass is 10.1. The van der Waals surface area contributed by atoms with Crippen LogP contribution in [-0.4, -0.2) is 45.3 Å². The van der Waals surface area contributed by atoms with Gasteiger partial charge in [0.2, 0.25) is 0 Å². The molecule has 0 aliphatic carbocycles. The second kappa shape index (κ2) is 11.4. The van der Waals surface area contributed by atoms with Crippen LogP contribution >= 0.6 is 0 Å². The highest BCUT2D eigenvalue weighted by molar-refractivity contribution is 5.79. The highest BCUT2D eigenvalue weighted by Crippen LogP contribution is 2.14. The molecule has 2 N–H and O–H groups in total. The lowest BCUT2D eigenvalue weighted by Crippen LogP contribution is -2.36. The molecule has 1 aliphatic heterocycles. The van der Waals surface area contributed by atoms with E-state index in [1.54, 1.807) is 17.1 Å². The van der Waals surface area contributed by atoms with E-state index in [1.807, 2.05) is 24.4 Å². The second-order valence-electron chi connectivity index (χ2n) is 8.17. The highest BCUT2D eigenvalue weighted by Gasteiger charge is 2.10. The van der Waals surface area contributed by atoms with Crippen LogP contribution < -0.4 is 10.6 Å². The molecule has 0 spiro atoms. The molecule has 1 aromatic carbocycles. The Kier molecular flexibility index (Phi) is 7.87. The Labute approximate surface area is 190 Å². The average molecular weight is 432 g/mol. The molecular formula is C25H33N7. The van der Waals surface area contributed by atoms with Crippen LogP contribution in [0.15, 0.2) is 66.0 Å². The Balaban J connectivity index is 1.32. The van der Waals surface area contributed by atoms with Gasteiger partial charge in [0.1, 0.15) is 0 Å². The average Bonchev–Trinajstić information content (AvgIpc) is 3.38. The summed E-state index contributed by atoms with van der Waals surface area (Å²) in [4.78, 5) is 11.7. The molecule has 4 rings (SSSR count). The van der Waals surface area contributed by atoms with E-state index < -0.39 is 0 Å². The summed E-state index contributed by atoms with van der Waals surface area (Å²) in [7, 11) is 0. The summed E-state index contributed by atoms with van der Waals surface area (Å²) in [5, 5.41) is 11.0. The summed E-state index contributed by atoms with van der Waals surface area (Å²) < 4.78 is 1.76. The molecule has 0 radical (unpaired) electrons. The van der Waals surface area contributed by atoms with E-state index in [1.165, 1.54) is 43.5 Å². The normalized spacial score (nSPS) is 15.0. The van der Waals surface area contributed by atoms with Crippen LogP contribution in [0.2, 0.25) is 0 Å². The fraction of sp³-hybridized carbons (Fsp3) is 0.400. The summed E-state index contributed by atoms with van der Waals surface area (Å²) in [6, 6.07) is 14.8. The van der Waals surface area contributed by atoms with E-state index >= 15 is 0 Å². The zero-order valence-corrected chi connectivity index (χ0v) is 18.9. The maximum Gasteiger partial charge on any atom is 0.191 e. The molecule has 2 aromatic heterocycles. The van der Waals surface area contributed by atoms with Crippen LogP contribution in [0, 0.1) is 0 Å². The van der Waals surface area contributed by atoms with Gasteiger partial charge in [-0.2, -0.15) is 5.10 Å². The molecule has 0 atom stereocenters. The Morgan fingerprint density at radius 3 is 2.53 bits per heavy atom. The van der Waals surface area contributed by atoms with Gasteiger partial charge in [-0.15, -0.1) is 0 Å². The number of aliphatic imine (C=N–C) groups is 1. The molecule has 1 saturated heterocycles. The first-order chi connectivity index (χ1) is 15.8. The van der Waals surface area contributed by atoms with Gasteiger partial charge < -0.3 is 10.6 Å². The standard InChI is InChI=1S/C25H33N7/c1-2-26-25(29-19-23-11-13-27-24(17-23)32-16-6-12-30-32)28-18-21-7-9-22(10-8-21)20-31-14-4-3-5-15-31/h6-13,16-17H,2-5,14-15,18-20H2,1H3,(H2,26,28,29). The number of piperidine rings is 1. The first-order valence-corrected chi connectivity index (χ1v) is 11.6. The number of hydrogen-bond acceptors (Lipinski definition) is 4. The molecule has 7 heteroatoms. The van der Waals surface area contributed by atoms with Gasteiger partial charge in [0.15, 0.2) is 11.8 Å². The third-order valence-electron chi connectivity index (χ3n) is 5.65. The third-order valence-corrected chi connectivity index (χ3v) is 5.65. The topological polar surface area (TPSA) is 70.4 Å². The number of likely N-dealkylation sites (tertiary alicyclic amines) is 1. The number of hydrogen-bond donors (Lipinski definition) is 2. The number of guanidine groups is 1. The maximum atomic E-state index is 4.75. The number of nitrogens with zero attached hydrogens (tertiary/aromatic N) is 5. The Morgan fingerprint density at radius 1 is 0.969 bits per heavy atom. The van der Waals surface area contributed by atoms with E-state index in [2.05, 4.69) is 56.8 Å². The van der Waals surface area contributed by atoms with Gasteiger partial charge in [-0.05, 0) is 67.7 Å². The van der Waals surface area contributed by atoms with Crippen LogP contribution in [0.25, 0.3) is 5.82 Å². The van der Waals surface area contributed by atoms with Gasteiger partial charge in [0.05, 0.1) is 6.54 Å². The number of aromatic nitrogens is 3. The van der Waals surface area contributed by atoms with Gasteiger partial charge in [-0.3, -0.25) is 4.90 Å². The molecule has 0 saturated carbocycles. The van der Waals surface area contributed by atoms with Crippen molar-refractivity contribution in [3.63, 3.8) is 0 Å². The van der Waals surface area contributed by atoms with Crippen molar-refractivity contribution in [2.24, 2.45) is 4.99 Å². The first kappa shape index (κ1) is 22.0. The summed E-state index contributed by atoms with van der Waals surface area (Å²) in [6.45, 7) is 7.72. The molecule has 3 aromatic rings. The van der Waals surface area contributed by atoms with E-state index in [-0.39, 0.29) is 0 Å². The molecule has 0 bridgehead atoms. The minimum absolute atomic E-state index is 0.570. The molecule has 1 fully saturated rings. The summed E-state index contributed by atoms with van der Waals surface area (Å²) >= 11 is 0. The van der Waals surface area contributed by atoms with E-state index in [0.717, 1.165) is 37.0 Å². The summed E-state index contributed by atoms with van der Waals surface area (Å²) in [5.74, 6) is 1.60. The summed E-state index contributed by atoms with van der Waals surface area (Å²) in [6.07, 6.45) is 9.48. The Morgan fingerprint density at radius 2 is 1.78 bits per heavy atom. The fourth-order valence-electron chi connectivity index (χ4n) is 3.92. The Bertz CT molecular complexity index is 974. The first-order valence-electron chi connectivity index (χ1n) is 11.6. The number of nitrogens with one attached hydrogen (secondary N) is 2. The minimum atomic E-state index is 0.570. The lowest BCUT2D eigenvalue weighted by Gasteiger charge is -2.26.